The van der Waals surface area contributed by atoms with Crippen molar-refractivity contribution in [3.8, 4) is 0 Å². The summed E-state index contributed by atoms with van der Waals surface area (Å²) in [6.07, 6.45) is 2.89. The van der Waals surface area contributed by atoms with E-state index in [0.717, 1.165) is 25.5 Å². The minimum atomic E-state index is -0.573. The number of ether oxygens (including phenoxy) is 3. The summed E-state index contributed by atoms with van der Waals surface area (Å²) in [6.45, 7) is 18.7. The molecule has 2 aliphatic rings. The van der Waals surface area contributed by atoms with Crippen LogP contribution in [0.2, 0.25) is 0 Å². The Hall–Kier alpha value is -2.32. The van der Waals surface area contributed by atoms with Crippen molar-refractivity contribution in [2.45, 2.75) is 144 Å². The van der Waals surface area contributed by atoms with Gasteiger partial charge in [-0.05, 0) is 94.9 Å². The van der Waals surface area contributed by atoms with Crippen molar-refractivity contribution in [2.24, 2.45) is 0 Å². The summed E-state index contributed by atoms with van der Waals surface area (Å²) in [7, 11) is 1.33. The lowest BCUT2D eigenvalue weighted by Gasteiger charge is -2.35. The number of nitrogens with zero attached hydrogens (tertiary/aromatic N) is 2. The molecule has 0 aromatic carbocycles. The summed E-state index contributed by atoms with van der Waals surface area (Å²) in [5.41, 5.74) is -1.78. The van der Waals surface area contributed by atoms with Gasteiger partial charge >= 0.3 is 18.2 Å². The van der Waals surface area contributed by atoms with Crippen LogP contribution in [-0.4, -0.2) is 75.7 Å². The molecule has 2 rings (SSSR count). The van der Waals surface area contributed by atoms with Crippen molar-refractivity contribution in [1.29, 1.82) is 0 Å². The van der Waals surface area contributed by atoms with Crippen molar-refractivity contribution in [2.75, 3.05) is 7.11 Å². The number of likely N-dealkylation sites (tertiary alicyclic amines) is 2. The highest BCUT2D eigenvalue weighted by molar-refractivity contribution is 5.83. The molecule has 0 N–H and O–H groups in total. The van der Waals surface area contributed by atoms with Crippen LogP contribution in [0.25, 0.3) is 0 Å². The van der Waals surface area contributed by atoms with Crippen LogP contribution in [-0.2, 0) is 23.8 Å². The van der Waals surface area contributed by atoms with E-state index in [9.17, 15) is 19.2 Å². The average Bonchev–Trinajstić information content (AvgIpc) is 3.13. The van der Waals surface area contributed by atoms with E-state index in [2.05, 4.69) is 0 Å². The molecule has 0 aromatic rings. The zero-order valence-corrected chi connectivity index (χ0v) is 22.8. The van der Waals surface area contributed by atoms with Gasteiger partial charge in [0.2, 0.25) is 0 Å². The quantitative estimate of drug-likeness (QED) is 0.253. The van der Waals surface area contributed by atoms with Crippen LogP contribution in [0.4, 0.5) is 9.59 Å². The zero-order chi connectivity index (χ0) is 26.7. The predicted molar refractivity (Wildman–Crippen MR) is 142 cm³/mol. The van der Waals surface area contributed by atoms with Gasteiger partial charge in [0.05, 0.1) is 13.2 Å². The maximum absolute atomic E-state index is 12.2. The van der Waals surface area contributed by atoms with Gasteiger partial charge in [-0.2, -0.15) is 0 Å². The maximum Gasteiger partial charge on any atom is 0.411 e. The Morgan fingerprint density at radius 1 is 0.778 bits per heavy atom. The first kappa shape index (κ1) is 35.8. The smallest absolute Gasteiger partial charge is 0.411 e. The number of rotatable bonds is 2. The van der Waals surface area contributed by atoms with Crippen molar-refractivity contribution in [3.05, 3.63) is 0 Å². The molecule has 2 fully saturated rings. The Morgan fingerprint density at radius 2 is 1.17 bits per heavy atom. The number of methoxy groups -OCH3 is 1. The molecule has 0 spiro atoms. The highest BCUT2D eigenvalue weighted by Gasteiger charge is 2.48. The third kappa shape index (κ3) is 9.62. The van der Waals surface area contributed by atoms with E-state index < -0.39 is 29.4 Å². The first-order valence-corrected chi connectivity index (χ1v) is 11.8. The topological polar surface area (TPSA) is 102 Å². The van der Waals surface area contributed by atoms with E-state index in [0.29, 0.717) is 6.42 Å². The third-order valence-electron chi connectivity index (χ3n) is 5.84. The van der Waals surface area contributed by atoms with Crippen molar-refractivity contribution >= 4 is 24.4 Å². The van der Waals surface area contributed by atoms with Gasteiger partial charge in [0.1, 0.15) is 23.5 Å². The predicted octanol–water partition coefficient (Wildman–Crippen LogP) is 5.97. The van der Waals surface area contributed by atoms with Crippen molar-refractivity contribution in [3.63, 3.8) is 0 Å². The molecular weight excluding hydrogens is 464 g/mol. The monoisotopic (exact) mass is 516 g/mol. The fourth-order valence-corrected chi connectivity index (χ4v) is 4.23. The number of carbonyl (C=O) groups excluding carboxylic acids is 4. The molecule has 36 heavy (non-hydrogen) atoms. The van der Waals surface area contributed by atoms with Gasteiger partial charge in [-0.3, -0.25) is 9.80 Å². The fraction of sp³-hybridized carbons (Fsp3) is 0.852. The Balaban J connectivity index is 0. The molecule has 2 unspecified atom stereocenters. The normalized spacial score (nSPS) is 22.2. The van der Waals surface area contributed by atoms with Crippen LogP contribution >= 0.6 is 0 Å². The number of hydrogen-bond donors (Lipinski definition) is 0. The highest BCUT2D eigenvalue weighted by atomic mass is 16.6. The Kier molecular flexibility index (Phi) is 12.7. The number of carbonyl (C=O) groups is 4. The molecule has 212 valence electrons. The lowest BCUT2D eigenvalue weighted by molar-refractivity contribution is -0.146. The fourth-order valence-electron chi connectivity index (χ4n) is 4.23. The molecule has 2 amide bonds. The second-order valence-corrected chi connectivity index (χ2v) is 12.1. The van der Waals surface area contributed by atoms with E-state index in [4.69, 9.17) is 14.2 Å². The summed E-state index contributed by atoms with van der Waals surface area (Å²) in [4.78, 5) is 49.9. The number of aldehydes is 1. The molecule has 9 heteroatoms. The summed E-state index contributed by atoms with van der Waals surface area (Å²) < 4.78 is 15.4. The van der Waals surface area contributed by atoms with Gasteiger partial charge in [0.15, 0.2) is 0 Å². The van der Waals surface area contributed by atoms with Crippen LogP contribution in [0.5, 0.6) is 0 Å². The first-order chi connectivity index (χ1) is 15.3. The summed E-state index contributed by atoms with van der Waals surface area (Å²) in [5, 5.41) is 0. The van der Waals surface area contributed by atoms with Crippen molar-refractivity contribution in [1.82, 2.24) is 9.80 Å². The van der Waals surface area contributed by atoms with Crippen molar-refractivity contribution < 1.29 is 33.4 Å². The largest absolute Gasteiger partial charge is 0.467 e. The van der Waals surface area contributed by atoms with Gasteiger partial charge in [-0.15, -0.1) is 0 Å². The molecule has 2 heterocycles. The van der Waals surface area contributed by atoms with Crippen LogP contribution in [0, 0.1) is 0 Å². The number of hydrogen-bond acceptors (Lipinski definition) is 7. The molecule has 9 nitrogen and oxygen atoms in total. The van der Waals surface area contributed by atoms with E-state index in [1.807, 2.05) is 48.5 Å². The van der Waals surface area contributed by atoms with Crippen LogP contribution in [0.1, 0.15) is 110 Å². The zero-order valence-electron chi connectivity index (χ0n) is 22.8. The standard InChI is InChI=1S/C13H23NO4.C12H21NO3.2CH4/c1-12(2,3)18-11(16)14-9(10(15)17-6)7-8-13(14,4)5;1-11(2,3)16-10(15)13-9(8-14)6-7-12(13,4)5;;/h9H,7-8H2,1-6H3;8-9H,6-7H2,1-5H3;2*1H4. The summed E-state index contributed by atoms with van der Waals surface area (Å²) in [5.74, 6) is -0.383. The second kappa shape index (κ2) is 12.8. The van der Waals surface area contributed by atoms with Gasteiger partial charge in [-0.25, -0.2) is 14.4 Å². The van der Waals surface area contributed by atoms with Crippen LogP contribution in [0.15, 0.2) is 0 Å². The molecular formula is C27H52N2O7. The SMILES string of the molecule is C.C.CC(C)(C)OC(=O)N1C(C=O)CCC1(C)C.COC(=O)C1CCC(C)(C)N1C(=O)OC(C)(C)C. The lowest BCUT2D eigenvalue weighted by Crippen LogP contribution is -2.51. The number of amides is 2. The minimum Gasteiger partial charge on any atom is -0.467 e. The molecule has 0 aromatic heterocycles. The maximum atomic E-state index is 12.2. The van der Waals surface area contributed by atoms with Gasteiger partial charge < -0.3 is 19.0 Å². The third-order valence-corrected chi connectivity index (χ3v) is 5.84. The molecule has 0 saturated carbocycles. The highest BCUT2D eigenvalue weighted by Crippen LogP contribution is 2.35. The molecule has 2 saturated heterocycles. The molecule has 0 aliphatic carbocycles. The molecule has 2 atom stereocenters. The van der Waals surface area contributed by atoms with E-state index in [-0.39, 0.29) is 37.9 Å². The summed E-state index contributed by atoms with van der Waals surface area (Å²) >= 11 is 0. The van der Waals surface area contributed by atoms with E-state index in [1.165, 1.54) is 12.0 Å². The molecule has 0 radical (unpaired) electrons. The average molecular weight is 517 g/mol. The first-order valence-electron chi connectivity index (χ1n) is 11.8. The van der Waals surface area contributed by atoms with E-state index in [1.54, 1.807) is 25.7 Å². The minimum absolute atomic E-state index is 0. The molecule has 2 aliphatic heterocycles. The Morgan fingerprint density at radius 3 is 1.56 bits per heavy atom. The van der Waals surface area contributed by atoms with Gasteiger partial charge in [-0.1, -0.05) is 14.9 Å². The van der Waals surface area contributed by atoms with Crippen LogP contribution in [0.3, 0.4) is 0 Å². The van der Waals surface area contributed by atoms with Gasteiger partial charge in [0, 0.05) is 11.1 Å². The lowest BCUT2D eigenvalue weighted by atomic mass is 10.0. The Labute approximate surface area is 219 Å². The van der Waals surface area contributed by atoms with E-state index >= 15 is 0 Å². The second-order valence-electron chi connectivity index (χ2n) is 12.1. The number of esters is 1. The summed E-state index contributed by atoms with van der Waals surface area (Å²) in [6, 6.07) is -0.885. The van der Waals surface area contributed by atoms with Crippen LogP contribution < -0.4 is 0 Å². The van der Waals surface area contributed by atoms with Gasteiger partial charge in [0.25, 0.3) is 0 Å². The molecule has 0 bridgehead atoms. The Bertz CT molecular complexity index is 763.